The lowest BCUT2D eigenvalue weighted by Gasteiger charge is -2.27. The van der Waals surface area contributed by atoms with Crippen molar-refractivity contribution in [3.8, 4) is 0 Å². The highest BCUT2D eigenvalue weighted by Crippen LogP contribution is 2.27. The van der Waals surface area contributed by atoms with Crippen LogP contribution < -0.4 is 10.6 Å². The molecule has 1 aliphatic heterocycles. The summed E-state index contributed by atoms with van der Waals surface area (Å²) in [5, 5.41) is 16.9. The zero-order chi connectivity index (χ0) is 14.6. The summed E-state index contributed by atoms with van der Waals surface area (Å²) in [4.78, 5) is 8.55. The van der Waals surface area contributed by atoms with Gasteiger partial charge in [0.15, 0.2) is 0 Å². The van der Waals surface area contributed by atoms with Crippen LogP contribution in [0.4, 0.5) is 11.6 Å². The molecule has 1 fully saturated rings. The van der Waals surface area contributed by atoms with E-state index in [4.69, 9.17) is 4.74 Å². The van der Waals surface area contributed by atoms with Crippen molar-refractivity contribution in [3.05, 3.63) is 11.9 Å². The summed E-state index contributed by atoms with van der Waals surface area (Å²) >= 11 is 0. The van der Waals surface area contributed by atoms with Crippen LogP contribution in [-0.2, 0) is 11.2 Å². The number of nitrogens with zero attached hydrogens (tertiary/aromatic N) is 2. The minimum absolute atomic E-state index is 0.157. The molecule has 0 amide bonds. The van der Waals surface area contributed by atoms with Gasteiger partial charge < -0.3 is 20.5 Å². The molecular formula is C14H24N4O2. The molecule has 2 atom stereocenters. The summed E-state index contributed by atoms with van der Waals surface area (Å²) in [5.74, 6) is 1.63. The number of anilines is 2. The first-order valence-corrected chi connectivity index (χ1v) is 7.20. The van der Waals surface area contributed by atoms with E-state index in [2.05, 4.69) is 27.5 Å². The van der Waals surface area contributed by atoms with Crippen LogP contribution >= 0.6 is 0 Å². The summed E-state index contributed by atoms with van der Waals surface area (Å²) in [7, 11) is 1.85. The molecule has 112 valence electrons. The second kappa shape index (κ2) is 6.37. The van der Waals surface area contributed by atoms with Gasteiger partial charge in [0, 0.05) is 32.2 Å². The Labute approximate surface area is 120 Å². The SMILES string of the molecule is CCCc1c(NC)ncnc1NCC1(O)CCOC1C. The Morgan fingerprint density at radius 3 is 2.80 bits per heavy atom. The van der Waals surface area contributed by atoms with Crippen molar-refractivity contribution in [1.82, 2.24) is 9.97 Å². The topological polar surface area (TPSA) is 79.3 Å². The lowest BCUT2D eigenvalue weighted by Crippen LogP contribution is -2.43. The number of aromatic nitrogens is 2. The quantitative estimate of drug-likeness (QED) is 0.731. The molecule has 1 saturated heterocycles. The van der Waals surface area contributed by atoms with Crippen molar-refractivity contribution in [3.63, 3.8) is 0 Å². The molecule has 0 spiro atoms. The molecule has 2 heterocycles. The third kappa shape index (κ3) is 3.02. The zero-order valence-electron chi connectivity index (χ0n) is 12.4. The van der Waals surface area contributed by atoms with Gasteiger partial charge in [0.2, 0.25) is 0 Å². The molecule has 20 heavy (non-hydrogen) atoms. The minimum Gasteiger partial charge on any atom is -0.385 e. The molecular weight excluding hydrogens is 256 g/mol. The fourth-order valence-corrected chi connectivity index (χ4v) is 2.51. The van der Waals surface area contributed by atoms with Crippen molar-refractivity contribution in [2.75, 3.05) is 30.8 Å². The summed E-state index contributed by atoms with van der Waals surface area (Å²) in [6, 6.07) is 0. The van der Waals surface area contributed by atoms with Gasteiger partial charge in [-0.05, 0) is 13.3 Å². The second-order valence-corrected chi connectivity index (χ2v) is 5.27. The van der Waals surface area contributed by atoms with E-state index in [1.165, 1.54) is 6.33 Å². The van der Waals surface area contributed by atoms with E-state index in [0.717, 1.165) is 30.0 Å². The molecule has 1 aromatic rings. The molecule has 0 saturated carbocycles. The Balaban J connectivity index is 2.12. The third-order valence-electron chi connectivity index (χ3n) is 3.90. The van der Waals surface area contributed by atoms with Gasteiger partial charge in [-0.3, -0.25) is 0 Å². The van der Waals surface area contributed by atoms with Crippen molar-refractivity contribution >= 4 is 11.6 Å². The first-order valence-electron chi connectivity index (χ1n) is 7.20. The van der Waals surface area contributed by atoms with E-state index < -0.39 is 5.60 Å². The number of ether oxygens (including phenoxy) is 1. The van der Waals surface area contributed by atoms with E-state index in [-0.39, 0.29) is 6.10 Å². The van der Waals surface area contributed by atoms with E-state index in [9.17, 15) is 5.11 Å². The highest BCUT2D eigenvalue weighted by atomic mass is 16.5. The van der Waals surface area contributed by atoms with Crippen molar-refractivity contribution < 1.29 is 9.84 Å². The van der Waals surface area contributed by atoms with E-state index in [1.807, 2.05) is 14.0 Å². The molecule has 1 aromatic heterocycles. The fourth-order valence-electron chi connectivity index (χ4n) is 2.51. The van der Waals surface area contributed by atoms with Crippen LogP contribution in [0.1, 0.15) is 32.3 Å². The maximum atomic E-state index is 10.5. The lowest BCUT2D eigenvalue weighted by molar-refractivity contribution is -0.0176. The van der Waals surface area contributed by atoms with Crippen LogP contribution in [0.2, 0.25) is 0 Å². The Morgan fingerprint density at radius 2 is 2.20 bits per heavy atom. The van der Waals surface area contributed by atoms with Gasteiger partial charge >= 0.3 is 0 Å². The molecule has 2 unspecified atom stereocenters. The van der Waals surface area contributed by atoms with Crippen LogP contribution in [0, 0.1) is 0 Å². The standard InChI is InChI=1S/C14H24N4O2/c1-4-5-11-12(15-3)17-9-18-13(11)16-8-14(19)6-7-20-10(14)2/h9-10,19H,4-8H2,1-3H3,(H2,15,16,17,18). The van der Waals surface area contributed by atoms with Gasteiger partial charge in [-0.1, -0.05) is 13.3 Å². The molecule has 3 N–H and O–H groups in total. The summed E-state index contributed by atoms with van der Waals surface area (Å²) < 4.78 is 5.44. The molecule has 1 aliphatic rings. The number of rotatable bonds is 6. The number of hydrogen-bond acceptors (Lipinski definition) is 6. The number of nitrogens with one attached hydrogen (secondary N) is 2. The molecule has 6 nitrogen and oxygen atoms in total. The summed E-state index contributed by atoms with van der Waals surface area (Å²) in [6.45, 7) is 5.06. The zero-order valence-corrected chi connectivity index (χ0v) is 12.4. The van der Waals surface area contributed by atoms with Gasteiger partial charge in [-0.15, -0.1) is 0 Å². The number of aliphatic hydroxyl groups is 1. The van der Waals surface area contributed by atoms with Crippen molar-refractivity contribution in [2.45, 2.75) is 44.8 Å². The average Bonchev–Trinajstić information content (AvgIpc) is 2.78. The summed E-state index contributed by atoms with van der Waals surface area (Å²) in [6.07, 6.45) is 3.93. The first kappa shape index (κ1) is 15.0. The van der Waals surface area contributed by atoms with Gasteiger partial charge in [-0.2, -0.15) is 0 Å². The Bertz CT molecular complexity index is 455. The average molecular weight is 280 g/mol. The van der Waals surface area contributed by atoms with E-state index in [0.29, 0.717) is 19.6 Å². The fraction of sp³-hybridized carbons (Fsp3) is 0.714. The normalized spacial score (nSPS) is 25.7. The molecule has 2 rings (SSSR count). The Morgan fingerprint density at radius 1 is 1.45 bits per heavy atom. The van der Waals surface area contributed by atoms with Crippen LogP contribution in [0.25, 0.3) is 0 Å². The predicted octanol–water partition coefficient (Wildman–Crippen LogP) is 1.42. The van der Waals surface area contributed by atoms with Gasteiger partial charge in [0.25, 0.3) is 0 Å². The molecule has 0 aliphatic carbocycles. The van der Waals surface area contributed by atoms with Crippen LogP contribution in [0.5, 0.6) is 0 Å². The van der Waals surface area contributed by atoms with Gasteiger partial charge in [-0.25, -0.2) is 9.97 Å². The first-order chi connectivity index (χ1) is 9.60. The van der Waals surface area contributed by atoms with Crippen molar-refractivity contribution in [1.29, 1.82) is 0 Å². The van der Waals surface area contributed by atoms with Gasteiger partial charge in [0.1, 0.15) is 23.6 Å². The monoisotopic (exact) mass is 280 g/mol. The van der Waals surface area contributed by atoms with Crippen LogP contribution in [0.15, 0.2) is 6.33 Å². The molecule has 0 bridgehead atoms. The second-order valence-electron chi connectivity index (χ2n) is 5.27. The van der Waals surface area contributed by atoms with Crippen molar-refractivity contribution in [2.24, 2.45) is 0 Å². The lowest BCUT2D eigenvalue weighted by atomic mass is 9.96. The highest BCUT2D eigenvalue weighted by molar-refractivity contribution is 5.57. The molecule has 0 radical (unpaired) electrons. The highest BCUT2D eigenvalue weighted by Gasteiger charge is 2.39. The van der Waals surface area contributed by atoms with Crippen LogP contribution in [0.3, 0.4) is 0 Å². The number of hydrogen-bond donors (Lipinski definition) is 3. The third-order valence-corrected chi connectivity index (χ3v) is 3.90. The van der Waals surface area contributed by atoms with E-state index >= 15 is 0 Å². The predicted molar refractivity (Wildman–Crippen MR) is 79.0 cm³/mol. The van der Waals surface area contributed by atoms with E-state index in [1.54, 1.807) is 0 Å². The summed E-state index contributed by atoms with van der Waals surface area (Å²) in [5.41, 5.74) is 0.237. The smallest absolute Gasteiger partial charge is 0.134 e. The maximum Gasteiger partial charge on any atom is 0.134 e. The Hall–Kier alpha value is -1.40. The Kier molecular flexibility index (Phi) is 4.77. The maximum absolute atomic E-state index is 10.5. The molecule has 6 heteroatoms. The minimum atomic E-state index is -0.825. The molecule has 0 aromatic carbocycles. The van der Waals surface area contributed by atoms with Crippen LogP contribution in [-0.4, -0.2) is 47.0 Å². The van der Waals surface area contributed by atoms with Gasteiger partial charge in [0.05, 0.1) is 6.10 Å². The largest absolute Gasteiger partial charge is 0.385 e.